The third-order valence-corrected chi connectivity index (χ3v) is 5.09. The molecule has 1 N–H and O–H groups in total. The van der Waals surface area contributed by atoms with E-state index in [1.807, 2.05) is 6.20 Å². The van der Waals surface area contributed by atoms with Crippen LogP contribution in [0.3, 0.4) is 0 Å². The molecule has 3 unspecified atom stereocenters. The topological polar surface area (TPSA) is 28.2 Å². The van der Waals surface area contributed by atoms with Gasteiger partial charge in [0.15, 0.2) is 5.82 Å². The highest BCUT2D eigenvalue weighted by atomic mass is 15.3. The van der Waals surface area contributed by atoms with Crippen LogP contribution in [-0.4, -0.2) is 23.6 Å². The summed E-state index contributed by atoms with van der Waals surface area (Å²) in [6, 6.07) is 3.56. The van der Waals surface area contributed by atoms with Crippen LogP contribution in [0.4, 0.5) is 11.5 Å². The van der Waals surface area contributed by atoms with Crippen molar-refractivity contribution < 1.29 is 0 Å². The summed E-state index contributed by atoms with van der Waals surface area (Å²) in [6.45, 7) is 3.29. The van der Waals surface area contributed by atoms with Crippen molar-refractivity contribution in [3.63, 3.8) is 0 Å². The molecular formula is C15H21N3. The predicted octanol–water partition coefficient (Wildman–Crippen LogP) is 2.95. The summed E-state index contributed by atoms with van der Waals surface area (Å²) >= 11 is 0. The van der Waals surface area contributed by atoms with Gasteiger partial charge in [-0.2, -0.15) is 0 Å². The van der Waals surface area contributed by atoms with Gasteiger partial charge in [-0.15, -0.1) is 0 Å². The van der Waals surface area contributed by atoms with Crippen molar-refractivity contribution in [1.82, 2.24) is 4.98 Å². The van der Waals surface area contributed by atoms with Gasteiger partial charge in [0, 0.05) is 24.8 Å². The Balaban J connectivity index is 1.77. The summed E-state index contributed by atoms with van der Waals surface area (Å²) in [5.41, 5.74) is 2.61. The number of nitrogens with zero attached hydrogens (tertiary/aromatic N) is 2. The fourth-order valence-corrected chi connectivity index (χ4v) is 4.25. The highest BCUT2D eigenvalue weighted by Gasteiger charge is 2.45. The Labute approximate surface area is 109 Å². The highest BCUT2D eigenvalue weighted by molar-refractivity contribution is 5.73. The van der Waals surface area contributed by atoms with Gasteiger partial charge in [0.1, 0.15) is 0 Å². The van der Waals surface area contributed by atoms with Gasteiger partial charge in [0.2, 0.25) is 0 Å². The molecule has 96 valence electrons. The minimum atomic E-state index is 0.680. The number of pyridine rings is 1. The number of hydrogen-bond donors (Lipinski definition) is 1. The highest BCUT2D eigenvalue weighted by Crippen LogP contribution is 2.46. The summed E-state index contributed by atoms with van der Waals surface area (Å²) < 4.78 is 0. The Kier molecular flexibility index (Phi) is 2.29. The maximum Gasteiger partial charge on any atom is 0.152 e. The molecule has 0 amide bonds. The molecule has 2 aliphatic heterocycles. The van der Waals surface area contributed by atoms with Crippen LogP contribution in [0.1, 0.15) is 37.7 Å². The molecule has 1 saturated carbocycles. The van der Waals surface area contributed by atoms with Gasteiger partial charge in [0.25, 0.3) is 0 Å². The van der Waals surface area contributed by atoms with E-state index < -0.39 is 0 Å². The molecule has 1 aromatic rings. The van der Waals surface area contributed by atoms with Gasteiger partial charge in [-0.25, -0.2) is 4.98 Å². The average molecular weight is 243 g/mol. The van der Waals surface area contributed by atoms with Gasteiger partial charge in [-0.1, -0.05) is 12.8 Å². The lowest BCUT2D eigenvalue weighted by Crippen LogP contribution is -2.45. The van der Waals surface area contributed by atoms with Crippen LogP contribution in [0.5, 0.6) is 0 Å². The number of rotatable bonds is 0. The first-order valence-corrected chi connectivity index (χ1v) is 7.32. The van der Waals surface area contributed by atoms with E-state index in [4.69, 9.17) is 0 Å². The lowest BCUT2D eigenvalue weighted by Gasteiger charge is -2.39. The van der Waals surface area contributed by atoms with Gasteiger partial charge in [0.05, 0.1) is 5.69 Å². The molecule has 3 aliphatic rings. The lowest BCUT2D eigenvalue weighted by molar-refractivity contribution is 0.341. The summed E-state index contributed by atoms with van der Waals surface area (Å²) in [5.74, 6) is 2.14. The molecule has 0 bridgehead atoms. The Bertz CT molecular complexity index is 471. The standard InChI is InChI=1S/C15H21N3/c1-10-6-7-16-15-14(10)17-9-12-8-11-4-2-3-5-13(11)18(12)15/h6-7,11-13,17H,2-5,8-9H2,1H3. The zero-order valence-corrected chi connectivity index (χ0v) is 11.0. The minimum Gasteiger partial charge on any atom is -0.380 e. The SMILES string of the molecule is Cc1ccnc2c1NCC1CC3CCCCC3N21. The van der Waals surface area contributed by atoms with Gasteiger partial charge < -0.3 is 10.2 Å². The third kappa shape index (κ3) is 1.39. The van der Waals surface area contributed by atoms with Crippen molar-refractivity contribution in [3.8, 4) is 0 Å². The van der Waals surface area contributed by atoms with Crippen molar-refractivity contribution in [1.29, 1.82) is 0 Å². The van der Waals surface area contributed by atoms with Gasteiger partial charge >= 0.3 is 0 Å². The number of fused-ring (bicyclic) bond motifs is 5. The predicted molar refractivity (Wildman–Crippen MR) is 74.1 cm³/mol. The number of hydrogen-bond acceptors (Lipinski definition) is 3. The summed E-state index contributed by atoms with van der Waals surface area (Å²) in [7, 11) is 0. The number of aryl methyl sites for hydroxylation is 1. The van der Waals surface area contributed by atoms with Crippen LogP contribution in [0, 0.1) is 12.8 Å². The van der Waals surface area contributed by atoms with Gasteiger partial charge in [-0.3, -0.25) is 0 Å². The minimum absolute atomic E-state index is 0.680. The van der Waals surface area contributed by atoms with Crippen LogP contribution in [-0.2, 0) is 0 Å². The molecule has 3 heterocycles. The molecule has 18 heavy (non-hydrogen) atoms. The van der Waals surface area contributed by atoms with E-state index >= 15 is 0 Å². The van der Waals surface area contributed by atoms with Crippen LogP contribution in [0.2, 0.25) is 0 Å². The normalized spacial score (nSPS) is 33.4. The quantitative estimate of drug-likeness (QED) is 0.759. The van der Waals surface area contributed by atoms with E-state index in [0.29, 0.717) is 6.04 Å². The molecule has 0 aromatic carbocycles. The molecule has 1 aromatic heterocycles. The molecule has 1 aliphatic carbocycles. The average Bonchev–Trinajstić information content (AvgIpc) is 2.77. The second-order valence-electron chi connectivity index (χ2n) is 6.12. The zero-order chi connectivity index (χ0) is 12.1. The Morgan fingerprint density at radius 3 is 3.17 bits per heavy atom. The van der Waals surface area contributed by atoms with Crippen LogP contribution in [0.15, 0.2) is 12.3 Å². The summed E-state index contributed by atoms with van der Waals surface area (Å²) in [6.07, 6.45) is 8.97. The number of anilines is 2. The van der Waals surface area contributed by atoms with E-state index in [2.05, 4.69) is 28.2 Å². The fraction of sp³-hybridized carbons (Fsp3) is 0.667. The van der Waals surface area contributed by atoms with Crippen molar-refractivity contribution >= 4 is 11.5 Å². The molecule has 4 rings (SSSR count). The zero-order valence-electron chi connectivity index (χ0n) is 11.0. The summed E-state index contributed by atoms with van der Waals surface area (Å²) in [5, 5.41) is 3.61. The number of aromatic nitrogens is 1. The lowest BCUT2D eigenvalue weighted by atomic mass is 9.85. The largest absolute Gasteiger partial charge is 0.380 e. The molecule has 3 heteroatoms. The van der Waals surface area contributed by atoms with Gasteiger partial charge in [-0.05, 0) is 43.7 Å². The second-order valence-corrected chi connectivity index (χ2v) is 6.12. The Morgan fingerprint density at radius 2 is 2.22 bits per heavy atom. The second kappa shape index (κ2) is 3.87. The van der Waals surface area contributed by atoms with Crippen molar-refractivity contribution in [2.45, 2.75) is 51.1 Å². The Morgan fingerprint density at radius 1 is 1.33 bits per heavy atom. The molecule has 0 radical (unpaired) electrons. The molecule has 2 fully saturated rings. The monoisotopic (exact) mass is 243 g/mol. The molecule has 0 spiro atoms. The van der Waals surface area contributed by atoms with Crippen molar-refractivity contribution in [3.05, 3.63) is 17.8 Å². The smallest absolute Gasteiger partial charge is 0.152 e. The first kappa shape index (κ1) is 10.7. The van der Waals surface area contributed by atoms with E-state index in [9.17, 15) is 0 Å². The third-order valence-electron chi connectivity index (χ3n) is 5.09. The maximum absolute atomic E-state index is 4.68. The van der Waals surface area contributed by atoms with E-state index in [0.717, 1.165) is 18.5 Å². The molecule has 3 nitrogen and oxygen atoms in total. The molecular weight excluding hydrogens is 222 g/mol. The fourth-order valence-electron chi connectivity index (χ4n) is 4.25. The summed E-state index contributed by atoms with van der Waals surface area (Å²) in [4.78, 5) is 7.33. The van der Waals surface area contributed by atoms with Crippen LogP contribution >= 0.6 is 0 Å². The van der Waals surface area contributed by atoms with E-state index in [1.54, 1.807) is 0 Å². The van der Waals surface area contributed by atoms with E-state index in [1.165, 1.54) is 49.2 Å². The molecule has 3 atom stereocenters. The van der Waals surface area contributed by atoms with Crippen LogP contribution in [0.25, 0.3) is 0 Å². The first-order chi connectivity index (χ1) is 8.84. The van der Waals surface area contributed by atoms with Crippen molar-refractivity contribution in [2.75, 3.05) is 16.8 Å². The van der Waals surface area contributed by atoms with Crippen molar-refractivity contribution in [2.24, 2.45) is 5.92 Å². The number of nitrogens with one attached hydrogen (secondary N) is 1. The first-order valence-electron chi connectivity index (χ1n) is 7.32. The molecule has 1 saturated heterocycles. The van der Waals surface area contributed by atoms with E-state index in [-0.39, 0.29) is 0 Å². The Hall–Kier alpha value is -1.25. The maximum atomic E-state index is 4.68. The van der Waals surface area contributed by atoms with Crippen LogP contribution < -0.4 is 10.2 Å².